The second-order valence-electron chi connectivity index (χ2n) is 3.30. The fourth-order valence-corrected chi connectivity index (χ4v) is 1.07. The third-order valence-corrected chi connectivity index (χ3v) is 1.60. The zero-order valence-electron chi connectivity index (χ0n) is 6.87. The Hall–Kier alpha value is -1.11. The Morgan fingerprint density at radius 1 is 1.36 bits per heavy atom. The summed E-state index contributed by atoms with van der Waals surface area (Å²) in [5.41, 5.74) is 0.750. The summed E-state index contributed by atoms with van der Waals surface area (Å²) >= 11 is 0. The Morgan fingerprint density at radius 2 is 2.09 bits per heavy atom. The SMILES string of the molecule is CC1(C)C=CC=CC(C=O)=C1. The first-order valence-electron chi connectivity index (χ1n) is 3.68. The van der Waals surface area contributed by atoms with Crippen LogP contribution < -0.4 is 0 Å². The molecule has 0 spiro atoms. The van der Waals surface area contributed by atoms with Crippen molar-refractivity contribution in [3.63, 3.8) is 0 Å². The number of carbonyl (C=O) groups excluding carboxylic acids is 1. The van der Waals surface area contributed by atoms with Crippen molar-refractivity contribution in [3.05, 3.63) is 36.0 Å². The normalized spacial score (nSPS) is 20.7. The van der Waals surface area contributed by atoms with Crippen LogP contribution in [0.2, 0.25) is 0 Å². The Labute approximate surface area is 67.1 Å². The molecule has 0 saturated heterocycles. The van der Waals surface area contributed by atoms with Gasteiger partial charge in [0.1, 0.15) is 6.29 Å². The van der Waals surface area contributed by atoms with Gasteiger partial charge >= 0.3 is 0 Å². The van der Waals surface area contributed by atoms with Gasteiger partial charge in [-0.1, -0.05) is 44.2 Å². The number of hydrogen-bond acceptors (Lipinski definition) is 1. The standard InChI is InChI=1S/C10H12O/c1-10(2)6-4-3-5-9(7-10)8-11/h3-8H,1-2H3. The smallest absolute Gasteiger partial charge is 0.149 e. The zero-order chi connectivity index (χ0) is 8.32. The van der Waals surface area contributed by atoms with Crippen molar-refractivity contribution in [2.75, 3.05) is 0 Å². The van der Waals surface area contributed by atoms with Crippen LogP contribution in [0.5, 0.6) is 0 Å². The summed E-state index contributed by atoms with van der Waals surface area (Å²) < 4.78 is 0. The number of allylic oxidation sites excluding steroid dienone is 6. The van der Waals surface area contributed by atoms with Crippen molar-refractivity contribution < 1.29 is 4.79 Å². The lowest BCUT2D eigenvalue weighted by Crippen LogP contribution is -2.02. The Kier molecular flexibility index (Phi) is 2.08. The summed E-state index contributed by atoms with van der Waals surface area (Å²) in [5.74, 6) is 0. The molecular formula is C10H12O. The molecule has 0 fully saturated rings. The maximum atomic E-state index is 10.5. The summed E-state index contributed by atoms with van der Waals surface area (Å²) in [6, 6.07) is 0. The Bertz CT molecular complexity index is 242. The van der Waals surface area contributed by atoms with E-state index in [9.17, 15) is 4.79 Å². The molecule has 0 radical (unpaired) electrons. The van der Waals surface area contributed by atoms with Crippen LogP contribution in [0.3, 0.4) is 0 Å². The number of carbonyl (C=O) groups is 1. The van der Waals surface area contributed by atoms with Gasteiger partial charge in [-0.15, -0.1) is 0 Å². The Morgan fingerprint density at radius 3 is 2.73 bits per heavy atom. The number of hydrogen-bond donors (Lipinski definition) is 0. The summed E-state index contributed by atoms with van der Waals surface area (Å²) in [4.78, 5) is 10.5. The molecule has 0 amide bonds. The highest BCUT2D eigenvalue weighted by Gasteiger charge is 2.11. The summed E-state index contributed by atoms with van der Waals surface area (Å²) in [7, 11) is 0. The molecule has 0 unspecified atom stereocenters. The minimum absolute atomic E-state index is 0.000255. The van der Waals surface area contributed by atoms with Gasteiger partial charge in [-0.3, -0.25) is 4.79 Å². The average Bonchev–Trinajstić information content (AvgIpc) is 2.10. The monoisotopic (exact) mass is 148 g/mol. The maximum Gasteiger partial charge on any atom is 0.149 e. The number of aldehydes is 1. The van der Waals surface area contributed by atoms with Crippen LogP contribution in [0.1, 0.15) is 13.8 Å². The first-order valence-corrected chi connectivity index (χ1v) is 3.68. The quantitative estimate of drug-likeness (QED) is 0.521. The van der Waals surface area contributed by atoms with E-state index < -0.39 is 0 Å². The van der Waals surface area contributed by atoms with E-state index in [1.807, 2.05) is 24.3 Å². The zero-order valence-corrected chi connectivity index (χ0v) is 6.87. The molecule has 0 atom stereocenters. The molecule has 11 heavy (non-hydrogen) atoms. The largest absolute Gasteiger partial charge is 0.298 e. The van der Waals surface area contributed by atoms with E-state index in [4.69, 9.17) is 0 Å². The minimum atomic E-state index is -0.000255. The second kappa shape index (κ2) is 2.87. The van der Waals surface area contributed by atoms with Gasteiger partial charge < -0.3 is 0 Å². The highest BCUT2D eigenvalue weighted by atomic mass is 16.1. The third kappa shape index (κ3) is 2.19. The van der Waals surface area contributed by atoms with Crippen LogP contribution in [0.15, 0.2) is 36.0 Å². The van der Waals surface area contributed by atoms with E-state index >= 15 is 0 Å². The van der Waals surface area contributed by atoms with Crippen molar-refractivity contribution in [2.45, 2.75) is 13.8 Å². The van der Waals surface area contributed by atoms with Gasteiger partial charge in [-0.2, -0.15) is 0 Å². The molecule has 1 aliphatic rings. The first-order chi connectivity index (χ1) is 5.14. The Balaban J connectivity index is 2.99. The molecule has 0 aromatic carbocycles. The van der Waals surface area contributed by atoms with E-state index in [-0.39, 0.29) is 5.41 Å². The minimum Gasteiger partial charge on any atom is -0.298 e. The van der Waals surface area contributed by atoms with Gasteiger partial charge in [0.15, 0.2) is 0 Å². The second-order valence-corrected chi connectivity index (χ2v) is 3.30. The van der Waals surface area contributed by atoms with Crippen molar-refractivity contribution >= 4 is 6.29 Å². The molecule has 0 aromatic heterocycles. The molecule has 0 aromatic rings. The molecule has 0 bridgehead atoms. The summed E-state index contributed by atoms with van der Waals surface area (Å²) in [5, 5.41) is 0. The predicted molar refractivity (Wildman–Crippen MR) is 46.2 cm³/mol. The van der Waals surface area contributed by atoms with Gasteiger partial charge in [0.25, 0.3) is 0 Å². The van der Waals surface area contributed by atoms with Crippen molar-refractivity contribution in [2.24, 2.45) is 5.41 Å². The maximum absolute atomic E-state index is 10.5. The average molecular weight is 148 g/mol. The van der Waals surface area contributed by atoms with Gasteiger partial charge in [0.05, 0.1) is 0 Å². The summed E-state index contributed by atoms with van der Waals surface area (Å²) in [6.45, 7) is 4.14. The van der Waals surface area contributed by atoms with E-state index in [1.54, 1.807) is 0 Å². The molecule has 1 rings (SSSR count). The van der Waals surface area contributed by atoms with Gasteiger partial charge in [0.2, 0.25) is 0 Å². The van der Waals surface area contributed by atoms with Gasteiger partial charge in [-0.05, 0) is 0 Å². The molecular weight excluding hydrogens is 136 g/mol. The molecule has 58 valence electrons. The van der Waals surface area contributed by atoms with Gasteiger partial charge in [-0.25, -0.2) is 0 Å². The lowest BCUT2D eigenvalue weighted by molar-refractivity contribution is -0.104. The van der Waals surface area contributed by atoms with Crippen molar-refractivity contribution in [1.29, 1.82) is 0 Å². The van der Waals surface area contributed by atoms with E-state index in [1.165, 1.54) is 0 Å². The predicted octanol–water partition coefficient (Wildman–Crippen LogP) is 2.26. The van der Waals surface area contributed by atoms with E-state index in [0.717, 1.165) is 11.9 Å². The highest BCUT2D eigenvalue weighted by Crippen LogP contribution is 2.22. The summed E-state index contributed by atoms with van der Waals surface area (Å²) in [6.07, 6.45) is 10.6. The lowest BCUT2D eigenvalue weighted by atomic mass is 9.91. The fraction of sp³-hybridized carbons (Fsp3) is 0.300. The molecule has 1 heteroatoms. The van der Waals surface area contributed by atoms with Crippen LogP contribution in [0.25, 0.3) is 0 Å². The van der Waals surface area contributed by atoms with Gasteiger partial charge in [0, 0.05) is 11.0 Å². The number of rotatable bonds is 1. The van der Waals surface area contributed by atoms with Crippen LogP contribution in [-0.4, -0.2) is 6.29 Å². The van der Waals surface area contributed by atoms with Crippen molar-refractivity contribution in [3.8, 4) is 0 Å². The van der Waals surface area contributed by atoms with E-state index in [0.29, 0.717) is 0 Å². The highest BCUT2D eigenvalue weighted by molar-refractivity contribution is 5.78. The van der Waals surface area contributed by atoms with Crippen LogP contribution >= 0.6 is 0 Å². The van der Waals surface area contributed by atoms with Crippen LogP contribution in [0, 0.1) is 5.41 Å². The molecule has 0 N–H and O–H groups in total. The molecule has 0 saturated carbocycles. The molecule has 1 nitrogen and oxygen atoms in total. The molecule has 0 heterocycles. The van der Waals surface area contributed by atoms with Crippen molar-refractivity contribution in [1.82, 2.24) is 0 Å². The fourth-order valence-electron chi connectivity index (χ4n) is 1.07. The van der Waals surface area contributed by atoms with E-state index in [2.05, 4.69) is 19.9 Å². The lowest BCUT2D eigenvalue weighted by Gasteiger charge is -2.13. The first kappa shape index (κ1) is 7.99. The topological polar surface area (TPSA) is 17.1 Å². The third-order valence-electron chi connectivity index (χ3n) is 1.60. The van der Waals surface area contributed by atoms with Crippen LogP contribution in [-0.2, 0) is 4.79 Å². The molecule has 0 aliphatic heterocycles. The molecule has 1 aliphatic carbocycles. The van der Waals surface area contributed by atoms with Crippen LogP contribution in [0.4, 0.5) is 0 Å².